The summed E-state index contributed by atoms with van der Waals surface area (Å²) in [6.07, 6.45) is 72.9. The second-order valence-corrected chi connectivity index (χ2v) is 25.0. The first-order valence-corrected chi connectivity index (χ1v) is 35.6. The smallest absolute Gasteiger partial charge is 0.220 e. The molecule has 0 aliphatic carbocycles. The van der Waals surface area contributed by atoms with Crippen LogP contribution >= 0.6 is 0 Å². The van der Waals surface area contributed by atoms with Crippen LogP contribution in [0.5, 0.6) is 0 Å². The molecule has 6 N–H and O–H groups in total. The topological polar surface area (TPSA) is 149 Å². The molecule has 1 fully saturated rings. The second-order valence-electron chi connectivity index (χ2n) is 25.0. The fourth-order valence-corrected chi connectivity index (χ4v) is 11.7. The normalized spacial score (nSPS) is 18.5. The molecule has 1 rings (SSSR count). The van der Waals surface area contributed by atoms with Crippen LogP contribution in [0.25, 0.3) is 0 Å². The highest BCUT2D eigenvalue weighted by atomic mass is 16.7. The van der Waals surface area contributed by atoms with Gasteiger partial charge in [-0.15, -0.1) is 0 Å². The van der Waals surface area contributed by atoms with Gasteiger partial charge in [-0.3, -0.25) is 4.79 Å². The molecule has 7 atom stereocenters. The van der Waals surface area contributed by atoms with Gasteiger partial charge in [0, 0.05) is 6.42 Å². The third-order valence-corrected chi connectivity index (χ3v) is 17.3. The summed E-state index contributed by atoms with van der Waals surface area (Å²) >= 11 is 0. The first-order valence-electron chi connectivity index (χ1n) is 35.6. The molecule has 0 aromatic heterocycles. The van der Waals surface area contributed by atoms with Gasteiger partial charge in [-0.2, -0.15) is 0 Å². The molecular formula is C71H137NO8. The first kappa shape index (κ1) is 76.7. The lowest BCUT2D eigenvalue weighted by Gasteiger charge is -2.40. The molecule has 1 saturated heterocycles. The number of hydrogen-bond donors (Lipinski definition) is 6. The van der Waals surface area contributed by atoms with E-state index in [1.165, 1.54) is 308 Å². The average molecular weight is 1130 g/mol. The van der Waals surface area contributed by atoms with Gasteiger partial charge in [0.05, 0.1) is 25.4 Å². The summed E-state index contributed by atoms with van der Waals surface area (Å²) in [5, 5.41) is 54.8. The Balaban J connectivity index is 2.12. The van der Waals surface area contributed by atoms with Crippen molar-refractivity contribution in [2.24, 2.45) is 0 Å². The lowest BCUT2D eigenvalue weighted by molar-refractivity contribution is -0.302. The quantitative estimate of drug-likeness (QED) is 0.0261. The van der Waals surface area contributed by atoms with Crippen LogP contribution in [-0.2, 0) is 14.3 Å². The third kappa shape index (κ3) is 49.0. The number of aliphatic hydroxyl groups is 5. The Morgan fingerprint density at radius 3 is 1.01 bits per heavy atom. The number of allylic oxidation sites excluding steroid dienone is 3. The van der Waals surface area contributed by atoms with Gasteiger partial charge in [0.15, 0.2) is 6.29 Å². The average Bonchev–Trinajstić information content (AvgIpc) is 3.46. The zero-order valence-corrected chi connectivity index (χ0v) is 53.1. The lowest BCUT2D eigenvalue weighted by atomic mass is 9.99. The van der Waals surface area contributed by atoms with Gasteiger partial charge < -0.3 is 40.3 Å². The van der Waals surface area contributed by atoms with Crippen LogP contribution in [0.1, 0.15) is 367 Å². The van der Waals surface area contributed by atoms with Crippen molar-refractivity contribution in [1.29, 1.82) is 0 Å². The van der Waals surface area contributed by atoms with Crippen LogP contribution in [-0.4, -0.2) is 87.5 Å². The van der Waals surface area contributed by atoms with Gasteiger partial charge in [0.1, 0.15) is 24.4 Å². The molecule has 80 heavy (non-hydrogen) atoms. The summed E-state index contributed by atoms with van der Waals surface area (Å²) in [5.41, 5.74) is 0. The van der Waals surface area contributed by atoms with Gasteiger partial charge in [-0.05, 0) is 44.9 Å². The molecule has 9 heteroatoms. The van der Waals surface area contributed by atoms with Crippen LogP contribution in [0.4, 0.5) is 0 Å². The summed E-state index contributed by atoms with van der Waals surface area (Å²) in [5.74, 6) is -0.169. The largest absolute Gasteiger partial charge is 0.394 e. The van der Waals surface area contributed by atoms with E-state index in [-0.39, 0.29) is 12.5 Å². The Morgan fingerprint density at radius 2 is 0.700 bits per heavy atom. The molecule has 1 aliphatic heterocycles. The van der Waals surface area contributed by atoms with Gasteiger partial charge >= 0.3 is 0 Å². The second kappa shape index (κ2) is 60.8. The molecule has 0 saturated carbocycles. The Labute approximate surface area is 496 Å². The van der Waals surface area contributed by atoms with Crippen molar-refractivity contribution < 1.29 is 39.8 Å². The van der Waals surface area contributed by atoms with Crippen molar-refractivity contribution in [3.05, 3.63) is 24.3 Å². The lowest BCUT2D eigenvalue weighted by Crippen LogP contribution is -2.60. The molecule has 0 aromatic rings. The minimum absolute atomic E-state index is 0.169. The van der Waals surface area contributed by atoms with E-state index in [4.69, 9.17) is 9.47 Å². The Kier molecular flexibility index (Phi) is 58.3. The molecule has 1 aliphatic rings. The molecule has 7 unspecified atom stereocenters. The molecule has 0 spiro atoms. The summed E-state index contributed by atoms with van der Waals surface area (Å²) in [4.78, 5) is 13.1. The number of nitrogens with one attached hydrogen (secondary N) is 1. The number of rotatable bonds is 63. The molecule has 0 radical (unpaired) electrons. The number of ether oxygens (including phenoxy) is 2. The van der Waals surface area contributed by atoms with Crippen molar-refractivity contribution in [2.45, 2.75) is 410 Å². The first-order chi connectivity index (χ1) is 39.3. The highest BCUT2D eigenvalue weighted by Crippen LogP contribution is 2.24. The van der Waals surface area contributed by atoms with E-state index in [0.29, 0.717) is 6.42 Å². The van der Waals surface area contributed by atoms with E-state index in [9.17, 15) is 30.3 Å². The fraction of sp³-hybridized carbons (Fsp3) is 0.930. The Hall–Kier alpha value is -1.33. The summed E-state index contributed by atoms with van der Waals surface area (Å²) in [6.45, 7) is 3.84. The van der Waals surface area contributed by atoms with Crippen molar-refractivity contribution in [3.8, 4) is 0 Å². The maximum atomic E-state index is 13.1. The van der Waals surface area contributed by atoms with Crippen molar-refractivity contribution >= 4 is 5.91 Å². The van der Waals surface area contributed by atoms with Gasteiger partial charge in [0.25, 0.3) is 0 Å². The number of aliphatic hydroxyl groups excluding tert-OH is 5. The van der Waals surface area contributed by atoms with Crippen molar-refractivity contribution in [1.82, 2.24) is 5.32 Å². The number of carbonyl (C=O) groups excluding carboxylic acids is 1. The molecule has 474 valence electrons. The minimum atomic E-state index is -1.57. The number of amides is 1. The van der Waals surface area contributed by atoms with Crippen LogP contribution < -0.4 is 5.32 Å². The highest BCUT2D eigenvalue weighted by molar-refractivity contribution is 5.76. The zero-order chi connectivity index (χ0) is 57.9. The minimum Gasteiger partial charge on any atom is -0.394 e. The standard InChI is InChI=1S/C71H137NO8/c1-3-5-7-9-11-13-15-17-19-21-23-25-27-29-31-32-33-35-36-38-40-42-44-46-48-50-52-54-56-58-60-65(74)64(63-79-71-70(78)69(77)68(76)66(62-73)80-71)72-67(75)61-59-57-55-53-51-49-47-45-43-41-39-37-34-30-28-26-24-22-20-18-16-14-12-10-8-6-4-2/h22,24,58,60,64-66,68-71,73-74,76-78H,3-21,23,25-57,59,61-63H2,1-2H3,(H,72,75)/b24-22-,60-58+. The van der Waals surface area contributed by atoms with E-state index < -0.39 is 49.5 Å². The van der Waals surface area contributed by atoms with E-state index >= 15 is 0 Å². The van der Waals surface area contributed by atoms with Crippen LogP contribution in [0.15, 0.2) is 24.3 Å². The summed E-state index contributed by atoms with van der Waals surface area (Å²) < 4.78 is 11.3. The molecular weight excluding hydrogens is 995 g/mol. The molecule has 9 nitrogen and oxygen atoms in total. The molecule has 1 heterocycles. The van der Waals surface area contributed by atoms with Gasteiger partial charge in [0.2, 0.25) is 5.91 Å². The maximum absolute atomic E-state index is 13.1. The Morgan fingerprint density at radius 1 is 0.412 bits per heavy atom. The van der Waals surface area contributed by atoms with Crippen molar-refractivity contribution in [3.63, 3.8) is 0 Å². The predicted molar refractivity (Wildman–Crippen MR) is 341 cm³/mol. The summed E-state index contributed by atoms with van der Waals surface area (Å²) in [7, 11) is 0. The number of carbonyl (C=O) groups is 1. The highest BCUT2D eigenvalue weighted by Gasteiger charge is 2.44. The van der Waals surface area contributed by atoms with E-state index in [2.05, 4.69) is 31.3 Å². The molecule has 1 amide bonds. The predicted octanol–water partition coefficient (Wildman–Crippen LogP) is 19.3. The van der Waals surface area contributed by atoms with Crippen molar-refractivity contribution in [2.75, 3.05) is 13.2 Å². The molecule has 0 bridgehead atoms. The van der Waals surface area contributed by atoms with Crippen LogP contribution in [0, 0.1) is 0 Å². The monoisotopic (exact) mass is 1130 g/mol. The zero-order valence-electron chi connectivity index (χ0n) is 53.1. The van der Waals surface area contributed by atoms with Gasteiger partial charge in [-0.25, -0.2) is 0 Å². The van der Waals surface area contributed by atoms with E-state index in [0.717, 1.165) is 38.5 Å². The van der Waals surface area contributed by atoms with Gasteiger partial charge in [-0.1, -0.05) is 340 Å². The number of unbranched alkanes of at least 4 members (excludes halogenated alkanes) is 51. The molecule has 0 aromatic carbocycles. The fourth-order valence-electron chi connectivity index (χ4n) is 11.7. The SMILES string of the molecule is CCCCCCCCCC/C=C\CCCCCCCCCCCCCCCCCC(=O)NC(COC1OC(CO)C(O)C(O)C1O)C(O)/C=C/CCCCCCCCCCCCCCCCCCCCCCCCCCCCCC. The maximum Gasteiger partial charge on any atom is 0.220 e. The van der Waals surface area contributed by atoms with Crippen LogP contribution in [0.2, 0.25) is 0 Å². The third-order valence-electron chi connectivity index (χ3n) is 17.3. The Bertz CT molecular complexity index is 1310. The number of hydrogen-bond acceptors (Lipinski definition) is 8. The van der Waals surface area contributed by atoms with E-state index in [1.807, 2.05) is 6.08 Å². The van der Waals surface area contributed by atoms with E-state index in [1.54, 1.807) is 6.08 Å². The summed E-state index contributed by atoms with van der Waals surface area (Å²) in [6, 6.07) is -0.804. The van der Waals surface area contributed by atoms with Crippen LogP contribution in [0.3, 0.4) is 0 Å².